The summed E-state index contributed by atoms with van der Waals surface area (Å²) in [5, 5.41) is 3.03. The normalized spacial score (nSPS) is 7.82. The molecule has 0 aromatic carbocycles. The van der Waals surface area contributed by atoms with Gasteiger partial charge < -0.3 is 9.88 Å². The van der Waals surface area contributed by atoms with E-state index in [9.17, 15) is 0 Å². The summed E-state index contributed by atoms with van der Waals surface area (Å²) in [5.74, 6) is 1.07. The number of nitrogens with zero attached hydrogens (tertiary/aromatic N) is 2. The first kappa shape index (κ1) is 13.2. The summed E-state index contributed by atoms with van der Waals surface area (Å²) < 4.78 is 2.04. The molecule has 0 aliphatic carbocycles. The standard InChI is InChI=1S/C6H11N3.2ClH/c1-3-9-5-8-4-6(9)7-2;;/h4-5,7H,3H2,1-2H3;2*1H. The topological polar surface area (TPSA) is 29.9 Å². The van der Waals surface area contributed by atoms with E-state index < -0.39 is 0 Å². The van der Waals surface area contributed by atoms with Gasteiger partial charge in [0.2, 0.25) is 0 Å². The van der Waals surface area contributed by atoms with Crippen LogP contribution in [-0.4, -0.2) is 16.6 Å². The molecule has 1 heterocycles. The Kier molecular flexibility index (Phi) is 7.57. The maximum Gasteiger partial charge on any atom is 0.125 e. The summed E-state index contributed by atoms with van der Waals surface area (Å²) in [7, 11) is 1.89. The monoisotopic (exact) mass is 197 g/mol. The average Bonchev–Trinajstić information content (AvgIpc) is 2.33. The van der Waals surface area contributed by atoms with E-state index in [1.54, 1.807) is 0 Å². The minimum Gasteiger partial charge on any atom is -0.373 e. The third-order valence-corrected chi connectivity index (χ3v) is 1.31. The van der Waals surface area contributed by atoms with Gasteiger partial charge in [-0.15, -0.1) is 24.8 Å². The number of hydrogen-bond donors (Lipinski definition) is 1. The van der Waals surface area contributed by atoms with Crippen molar-refractivity contribution < 1.29 is 0 Å². The van der Waals surface area contributed by atoms with Crippen molar-refractivity contribution in [1.82, 2.24) is 9.55 Å². The minimum absolute atomic E-state index is 0. The molecular formula is C6H13Cl2N3. The molecule has 0 spiro atoms. The molecule has 0 unspecified atom stereocenters. The van der Waals surface area contributed by atoms with Crippen LogP contribution in [0.1, 0.15) is 6.92 Å². The minimum atomic E-state index is 0. The summed E-state index contributed by atoms with van der Waals surface area (Å²) >= 11 is 0. The van der Waals surface area contributed by atoms with Gasteiger partial charge in [0.05, 0.1) is 12.5 Å². The quantitative estimate of drug-likeness (QED) is 0.784. The molecule has 1 aromatic rings. The van der Waals surface area contributed by atoms with Crippen molar-refractivity contribution >= 4 is 30.6 Å². The number of anilines is 1. The van der Waals surface area contributed by atoms with Gasteiger partial charge in [-0.25, -0.2) is 4.98 Å². The summed E-state index contributed by atoms with van der Waals surface area (Å²) in [6.45, 7) is 3.05. The van der Waals surface area contributed by atoms with Gasteiger partial charge in [-0.1, -0.05) is 0 Å². The molecule has 3 nitrogen and oxygen atoms in total. The SMILES string of the molecule is CCn1cncc1NC.Cl.Cl. The van der Waals surface area contributed by atoms with E-state index in [2.05, 4.69) is 17.2 Å². The lowest BCUT2D eigenvalue weighted by atomic mass is 10.6. The molecule has 0 aliphatic heterocycles. The fourth-order valence-corrected chi connectivity index (χ4v) is 0.781. The van der Waals surface area contributed by atoms with Crippen LogP contribution in [0.2, 0.25) is 0 Å². The molecule has 0 saturated heterocycles. The van der Waals surface area contributed by atoms with Crippen LogP contribution in [0.15, 0.2) is 12.5 Å². The highest BCUT2D eigenvalue weighted by Crippen LogP contribution is 2.02. The fraction of sp³-hybridized carbons (Fsp3) is 0.500. The van der Waals surface area contributed by atoms with E-state index in [1.165, 1.54) is 0 Å². The van der Waals surface area contributed by atoms with Crippen molar-refractivity contribution in [3.8, 4) is 0 Å². The lowest BCUT2D eigenvalue weighted by Gasteiger charge is -2.01. The Morgan fingerprint density at radius 3 is 2.55 bits per heavy atom. The van der Waals surface area contributed by atoms with E-state index in [1.807, 2.05) is 24.1 Å². The Bertz CT molecular complexity index is 169. The van der Waals surface area contributed by atoms with Gasteiger partial charge in [0.15, 0.2) is 0 Å². The van der Waals surface area contributed by atoms with Gasteiger partial charge >= 0.3 is 0 Å². The van der Waals surface area contributed by atoms with Crippen LogP contribution in [0.5, 0.6) is 0 Å². The molecule has 0 amide bonds. The van der Waals surface area contributed by atoms with Crippen LogP contribution in [0, 0.1) is 0 Å². The van der Waals surface area contributed by atoms with E-state index in [-0.39, 0.29) is 24.8 Å². The highest BCUT2D eigenvalue weighted by Gasteiger charge is 1.92. The molecule has 0 saturated carbocycles. The second-order valence-corrected chi connectivity index (χ2v) is 1.81. The molecule has 0 bridgehead atoms. The molecule has 0 aliphatic rings. The Balaban J connectivity index is 0. The molecule has 66 valence electrons. The van der Waals surface area contributed by atoms with Crippen molar-refractivity contribution in [2.24, 2.45) is 0 Å². The molecule has 1 rings (SSSR count). The van der Waals surface area contributed by atoms with Crippen LogP contribution >= 0.6 is 24.8 Å². The first-order chi connectivity index (χ1) is 4.38. The van der Waals surface area contributed by atoms with Crippen molar-refractivity contribution in [3.63, 3.8) is 0 Å². The Labute approximate surface area is 79.0 Å². The Morgan fingerprint density at radius 2 is 2.18 bits per heavy atom. The molecule has 1 aromatic heterocycles. The van der Waals surface area contributed by atoms with E-state index >= 15 is 0 Å². The largest absolute Gasteiger partial charge is 0.373 e. The maximum absolute atomic E-state index is 3.96. The van der Waals surface area contributed by atoms with E-state index in [0.717, 1.165) is 12.4 Å². The molecular weight excluding hydrogens is 185 g/mol. The number of aryl methyl sites for hydroxylation is 1. The van der Waals surface area contributed by atoms with Gasteiger partial charge in [0.25, 0.3) is 0 Å². The predicted octanol–water partition coefficient (Wildman–Crippen LogP) is 1.79. The average molecular weight is 198 g/mol. The van der Waals surface area contributed by atoms with Gasteiger partial charge in [-0.3, -0.25) is 0 Å². The predicted molar refractivity (Wildman–Crippen MR) is 51.9 cm³/mol. The van der Waals surface area contributed by atoms with E-state index in [0.29, 0.717) is 0 Å². The van der Waals surface area contributed by atoms with Gasteiger partial charge in [-0.05, 0) is 6.92 Å². The summed E-state index contributed by atoms with van der Waals surface area (Å²) in [6.07, 6.45) is 3.62. The number of aromatic nitrogens is 2. The molecule has 11 heavy (non-hydrogen) atoms. The number of rotatable bonds is 2. The maximum atomic E-state index is 3.96. The van der Waals surface area contributed by atoms with Crippen molar-refractivity contribution in [1.29, 1.82) is 0 Å². The lowest BCUT2D eigenvalue weighted by molar-refractivity contribution is 0.768. The number of halogens is 2. The fourth-order valence-electron chi connectivity index (χ4n) is 0.781. The van der Waals surface area contributed by atoms with Crippen molar-refractivity contribution in [2.45, 2.75) is 13.5 Å². The van der Waals surface area contributed by atoms with Crippen LogP contribution in [0.3, 0.4) is 0 Å². The molecule has 0 radical (unpaired) electrons. The summed E-state index contributed by atoms with van der Waals surface area (Å²) in [4.78, 5) is 3.96. The molecule has 1 N–H and O–H groups in total. The highest BCUT2D eigenvalue weighted by molar-refractivity contribution is 5.85. The number of imidazole rings is 1. The summed E-state index contributed by atoms with van der Waals surface area (Å²) in [5.41, 5.74) is 0. The zero-order valence-electron chi connectivity index (χ0n) is 6.57. The zero-order valence-corrected chi connectivity index (χ0v) is 8.21. The first-order valence-electron chi connectivity index (χ1n) is 3.06. The van der Waals surface area contributed by atoms with Crippen molar-refractivity contribution in [3.05, 3.63) is 12.5 Å². The van der Waals surface area contributed by atoms with Gasteiger partial charge in [0.1, 0.15) is 5.82 Å². The molecule has 5 heteroatoms. The third-order valence-electron chi connectivity index (χ3n) is 1.31. The Morgan fingerprint density at radius 1 is 1.55 bits per heavy atom. The second-order valence-electron chi connectivity index (χ2n) is 1.81. The highest BCUT2D eigenvalue weighted by atomic mass is 35.5. The van der Waals surface area contributed by atoms with Crippen LogP contribution < -0.4 is 5.32 Å². The van der Waals surface area contributed by atoms with Crippen LogP contribution in [0.4, 0.5) is 5.82 Å². The van der Waals surface area contributed by atoms with Crippen LogP contribution in [0.25, 0.3) is 0 Å². The van der Waals surface area contributed by atoms with E-state index in [4.69, 9.17) is 0 Å². The first-order valence-corrected chi connectivity index (χ1v) is 3.06. The summed E-state index contributed by atoms with van der Waals surface area (Å²) in [6, 6.07) is 0. The zero-order chi connectivity index (χ0) is 6.69. The molecule has 0 atom stereocenters. The van der Waals surface area contributed by atoms with Gasteiger partial charge in [-0.2, -0.15) is 0 Å². The van der Waals surface area contributed by atoms with Crippen molar-refractivity contribution in [2.75, 3.05) is 12.4 Å². The smallest absolute Gasteiger partial charge is 0.125 e. The number of nitrogens with one attached hydrogen (secondary N) is 1. The van der Waals surface area contributed by atoms with Crippen LogP contribution in [-0.2, 0) is 6.54 Å². The lowest BCUT2D eigenvalue weighted by Crippen LogP contribution is -1.98. The van der Waals surface area contributed by atoms with Gasteiger partial charge in [0, 0.05) is 13.6 Å². The molecule has 0 fully saturated rings. The third kappa shape index (κ3) is 2.99. The number of hydrogen-bond acceptors (Lipinski definition) is 2. The second kappa shape index (κ2) is 6.31. The Hall–Kier alpha value is -0.410.